The lowest BCUT2D eigenvalue weighted by Gasteiger charge is -2.24. The third-order valence-electron chi connectivity index (χ3n) is 8.23. The molecule has 0 saturated carbocycles. The molecule has 1 atom stereocenters. The molecule has 2 N–H and O–H groups in total. The molecule has 0 radical (unpaired) electrons. The number of halogens is 4. The van der Waals surface area contributed by atoms with E-state index in [9.17, 15) is 18.0 Å². The van der Waals surface area contributed by atoms with E-state index in [2.05, 4.69) is 40.4 Å². The smallest absolute Gasteiger partial charge is 0.324 e. The molecule has 4 aromatic rings. The predicted octanol–water partition coefficient (Wildman–Crippen LogP) is 6.35. The summed E-state index contributed by atoms with van der Waals surface area (Å²) >= 11 is 0. The number of nitrogens with one attached hydrogen (secondary N) is 2. The number of hydrogen-bond donors (Lipinski definition) is 2. The first-order valence-corrected chi connectivity index (χ1v) is 14.7. The van der Waals surface area contributed by atoms with Gasteiger partial charge in [-0.1, -0.05) is 12.1 Å². The molecule has 236 valence electrons. The molecular formula is C32H34ClF3N8O. The van der Waals surface area contributed by atoms with Gasteiger partial charge >= 0.3 is 6.18 Å². The van der Waals surface area contributed by atoms with Crippen molar-refractivity contribution in [2.24, 2.45) is 0 Å². The molecular weight excluding hydrogens is 605 g/mol. The number of nitrogens with zero attached hydrogens (tertiary/aromatic N) is 6. The largest absolute Gasteiger partial charge is 0.416 e. The van der Waals surface area contributed by atoms with Gasteiger partial charge in [0, 0.05) is 66.8 Å². The van der Waals surface area contributed by atoms with Crippen molar-refractivity contribution in [1.29, 1.82) is 0 Å². The van der Waals surface area contributed by atoms with Gasteiger partial charge < -0.3 is 10.6 Å². The predicted molar refractivity (Wildman–Crippen MR) is 169 cm³/mol. The Labute approximate surface area is 265 Å². The molecule has 2 fully saturated rings. The second-order valence-corrected chi connectivity index (χ2v) is 11.3. The Hall–Kier alpha value is -4.13. The molecule has 0 aliphatic carbocycles. The first-order valence-electron chi connectivity index (χ1n) is 14.7. The number of aryl methyl sites for hydroxylation is 1. The number of alkyl halides is 3. The van der Waals surface area contributed by atoms with Crippen molar-refractivity contribution >= 4 is 35.6 Å². The van der Waals surface area contributed by atoms with E-state index in [1.165, 1.54) is 31.3 Å². The summed E-state index contributed by atoms with van der Waals surface area (Å²) < 4.78 is 42.5. The maximum atomic E-state index is 14.2. The van der Waals surface area contributed by atoms with E-state index in [4.69, 9.17) is 0 Å². The average Bonchev–Trinajstić information content (AvgIpc) is 3.72. The lowest BCUT2D eigenvalue weighted by atomic mass is 10.0. The van der Waals surface area contributed by atoms with Gasteiger partial charge in [0.25, 0.3) is 5.91 Å². The number of likely N-dealkylation sites (tertiary alicyclic amines) is 2. The van der Waals surface area contributed by atoms with E-state index in [-0.39, 0.29) is 30.1 Å². The van der Waals surface area contributed by atoms with Crippen LogP contribution in [0.2, 0.25) is 0 Å². The summed E-state index contributed by atoms with van der Waals surface area (Å²) in [7, 11) is 0. The monoisotopic (exact) mass is 638 g/mol. The highest BCUT2D eigenvalue weighted by molar-refractivity contribution is 6.04. The van der Waals surface area contributed by atoms with Crippen molar-refractivity contribution in [2.45, 2.75) is 44.9 Å². The van der Waals surface area contributed by atoms with Gasteiger partial charge in [-0.25, -0.2) is 19.9 Å². The molecule has 2 aliphatic heterocycles. The lowest BCUT2D eigenvalue weighted by molar-refractivity contribution is -0.138. The highest BCUT2D eigenvalue weighted by Gasteiger charge is 2.36. The maximum Gasteiger partial charge on any atom is 0.416 e. The zero-order chi connectivity index (χ0) is 30.7. The Morgan fingerprint density at radius 2 is 1.80 bits per heavy atom. The third-order valence-corrected chi connectivity index (χ3v) is 8.23. The van der Waals surface area contributed by atoms with Crippen LogP contribution in [0.4, 0.5) is 30.5 Å². The van der Waals surface area contributed by atoms with Crippen LogP contribution in [-0.4, -0.2) is 67.9 Å². The van der Waals surface area contributed by atoms with Gasteiger partial charge in [-0.2, -0.15) is 13.2 Å². The SMILES string of the molecule is Cc1ccc(NC(=O)c2ccc(CN3CC[C@H](N4CCCC4)C3)c(C(F)(F)F)c2)cc1Nc1nccc(-c2cncnc2)n1.Cl. The minimum Gasteiger partial charge on any atom is -0.324 e. The van der Waals surface area contributed by atoms with Gasteiger partial charge in [-0.15, -0.1) is 12.4 Å². The zero-order valence-corrected chi connectivity index (χ0v) is 25.5. The summed E-state index contributed by atoms with van der Waals surface area (Å²) in [5.74, 6) is -0.303. The zero-order valence-electron chi connectivity index (χ0n) is 24.7. The molecule has 9 nitrogen and oxygen atoms in total. The molecule has 0 bridgehead atoms. The number of aromatic nitrogens is 4. The van der Waals surface area contributed by atoms with Crippen LogP contribution in [-0.2, 0) is 12.7 Å². The first kappa shape index (κ1) is 32.3. The minimum absolute atomic E-state index is 0. The molecule has 13 heteroatoms. The van der Waals surface area contributed by atoms with Crippen LogP contribution in [0.5, 0.6) is 0 Å². The number of amides is 1. The summed E-state index contributed by atoms with van der Waals surface area (Å²) in [5, 5.41) is 5.89. The fourth-order valence-corrected chi connectivity index (χ4v) is 5.89. The Morgan fingerprint density at radius 1 is 1.02 bits per heavy atom. The van der Waals surface area contributed by atoms with Crippen molar-refractivity contribution in [2.75, 3.05) is 36.8 Å². The topological polar surface area (TPSA) is 99.2 Å². The van der Waals surface area contributed by atoms with Crippen molar-refractivity contribution in [3.63, 3.8) is 0 Å². The number of rotatable bonds is 8. The number of benzene rings is 2. The van der Waals surface area contributed by atoms with Crippen LogP contribution >= 0.6 is 12.4 Å². The molecule has 2 aliphatic rings. The average molecular weight is 639 g/mol. The van der Waals surface area contributed by atoms with Crippen molar-refractivity contribution in [1.82, 2.24) is 29.7 Å². The summed E-state index contributed by atoms with van der Waals surface area (Å²) in [6.07, 6.45) is 5.09. The van der Waals surface area contributed by atoms with E-state index < -0.39 is 17.6 Å². The standard InChI is InChI=1S/C32H33F3N8O.ClH/c1-21-4-7-25(15-29(21)41-31-38-10-8-28(40-31)24-16-36-20-37-17-24)39-30(44)22-5-6-23(27(14-22)32(33,34)35)18-42-13-9-26(19-42)43-11-2-3-12-43;/h4-8,10,14-17,20,26H,2-3,9,11-13,18-19H2,1H3,(H,39,44)(H,38,40,41);1H/t26-;/m0./s1. The third kappa shape index (κ3) is 7.75. The molecule has 2 aromatic carbocycles. The van der Waals surface area contributed by atoms with Crippen molar-refractivity contribution in [3.8, 4) is 11.3 Å². The van der Waals surface area contributed by atoms with E-state index in [1.807, 2.05) is 6.92 Å². The van der Waals surface area contributed by atoms with Gasteiger partial charge in [0.2, 0.25) is 5.95 Å². The van der Waals surface area contributed by atoms with Gasteiger partial charge in [-0.05, 0) is 80.7 Å². The fourth-order valence-electron chi connectivity index (χ4n) is 5.89. The van der Waals surface area contributed by atoms with E-state index in [0.29, 0.717) is 29.1 Å². The normalized spacial score (nSPS) is 17.2. The van der Waals surface area contributed by atoms with Crippen LogP contribution < -0.4 is 10.6 Å². The summed E-state index contributed by atoms with van der Waals surface area (Å²) in [6.45, 7) is 5.75. The van der Waals surface area contributed by atoms with E-state index in [1.54, 1.807) is 42.9 Å². The molecule has 2 aromatic heterocycles. The summed E-state index contributed by atoms with van der Waals surface area (Å²) in [4.78, 5) is 34.5. The van der Waals surface area contributed by atoms with Gasteiger partial charge in [0.05, 0.1) is 11.3 Å². The van der Waals surface area contributed by atoms with Crippen LogP contribution in [0.25, 0.3) is 11.3 Å². The Morgan fingerprint density at radius 3 is 2.56 bits per heavy atom. The molecule has 4 heterocycles. The molecule has 6 rings (SSSR count). The van der Waals surface area contributed by atoms with Crippen LogP contribution in [0.3, 0.4) is 0 Å². The Bertz CT molecular complexity index is 1630. The molecule has 2 saturated heterocycles. The van der Waals surface area contributed by atoms with Gasteiger partial charge in [-0.3, -0.25) is 14.6 Å². The number of carbonyl (C=O) groups excluding carboxylic acids is 1. The molecule has 0 spiro atoms. The second-order valence-electron chi connectivity index (χ2n) is 11.3. The molecule has 45 heavy (non-hydrogen) atoms. The summed E-state index contributed by atoms with van der Waals surface area (Å²) in [5.41, 5.74) is 2.61. The summed E-state index contributed by atoms with van der Waals surface area (Å²) in [6, 6.07) is 11.2. The second kappa shape index (κ2) is 13.9. The highest BCUT2D eigenvalue weighted by Crippen LogP contribution is 2.34. The first-order chi connectivity index (χ1) is 21.2. The van der Waals surface area contributed by atoms with E-state index >= 15 is 0 Å². The minimum atomic E-state index is -4.58. The maximum absolute atomic E-state index is 14.2. The Balaban J connectivity index is 0.00000400. The van der Waals surface area contributed by atoms with Crippen LogP contribution in [0.1, 0.15) is 46.3 Å². The number of hydrogen-bond acceptors (Lipinski definition) is 8. The number of anilines is 3. The highest BCUT2D eigenvalue weighted by atomic mass is 35.5. The molecule has 1 amide bonds. The van der Waals surface area contributed by atoms with Gasteiger partial charge in [0.1, 0.15) is 6.33 Å². The lowest BCUT2D eigenvalue weighted by Crippen LogP contribution is -2.35. The van der Waals surface area contributed by atoms with Crippen LogP contribution in [0, 0.1) is 6.92 Å². The van der Waals surface area contributed by atoms with E-state index in [0.717, 1.165) is 49.8 Å². The van der Waals surface area contributed by atoms with Crippen molar-refractivity contribution < 1.29 is 18.0 Å². The molecule has 0 unspecified atom stereocenters. The fraction of sp³-hybridized carbons (Fsp3) is 0.344. The number of carbonyl (C=O) groups is 1. The Kier molecular flexibility index (Phi) is 9.96. The van der Waals surface area contributed by atoms with Crippen LogP contribution in [0.15, 0.2) is 67.4 Å². The quantitative estimate of drug-likeness (QED) is 0.230. The van der Waals surface area contributed by atoms with Crippen molar-refractivity contribution in [3.05, 3.63) is 89.6 Å². The van der Waals surface area contributed by atoms with Gasteiger partial charge in [0.15, 0.2) is 0 Å².